The highest BCUT2D eigenvalue weighted by atomic mass is 16.7. The maximum atomic E-state index is 13.2. The smallest absolute Gasteiger partial charge is 0.266 e. The Kier molecular flexibility index (Phi) is 6.66. The lowest BCUT2D eigenvalue weighted by Gasteiger charge is -2.41. The molecule has 1 fully saturated rings. The Labute approximate surface area is 242 Å². The van der Waals surface area contributed by atoms with Crippen LogP contribution < -0.4 is 4.90 Å². The van der Waals surface area contributed by atoms with Gasteiger partial charge in [0.15, 0.2) is 6.29 Å². The first kappa shape index (κ1) is 26.3. The highest BCUT2D eigenvalue weighted by Gasteiger charge is 2.40. The molecule has 1 saturated heterocycles. The number of carbonyl (C=O) groups excluding carboxylic acids is 2. The summed E-state index contributed by atoms with van der Waals surface area (Å²) in [5.74, 6) is -0.723. The van der Waals surface area contributed by atoms with E-state index in [0.29, 0.717) is 28.9 Å². The Morgan fingerprint density at radius 3 is 2.26 bits per heavy atom. The number of hydrogen-bond acceptors (Lipinski definition) is 6. The summed E-state index contributed by atoms with van der Waals surface area (Å²) in [6.07, 6.45) is 0.531. The van der Waals surface area contributed by atoms with E-state index < -0.39 is 6.29 Å². The third-order valence-electron chi connectivity index (χ3n) is 8.22. The van der Waals surface area contributed by atoms with Crippen molar-refractivity contribution in [3.8, 4) is 0 Å². The van der Waals surface area contributed by atoms with E-state index in [1.807, 2.05) is 67.0 Å². The molecule has 4 atom stereocenters. The van der Waals surface area contributed by atoms with Gasteiger partial charge in [-0.25, -0.2) is 9.88 Å². The Balaban J connectivity index is 1.23. The third-order valence-corrected chi connectivity index (χ3v) is 8.22. The van der Waals surface area contributed by atoms with Crippen molar-refractivity contribution in [2.24, 2.45) is 5.92 Å². The summed E-state index contributed by atoms with van der Waals surface area (Å²) in [4.78, 5) is 32.1. The number of hydrogen-bond donors (Lipinski definition) is 1. The van der Waals surface area contributed by atoms with Crippen LogP contribution in [-0.4, -0.2) is 32.6 Å². The van der Waals surface area contributed by atoms with Gasteiger partial charge in [-0.3, -0.25) is 9.59 Å². The zero-order valence-electron chi connectivity index (χ0n) is 23.0. The minimum Gasteiger partial charge on any atom is -0.392 e. The number of benzene rings is 4. The van der Waals surface area contributed by atoms with Gasteiger partial charge in [-0.15, -0.1) is 0 Å². The number of imidazole rings is 1. The van der Waals surface area contributed by atoms with Gasteiger partial charge >= 0.3 is 0 Å². The van der Waals surface area contributed by atoms with Crippen molar-refractivity contribution in [3.05, 3.63) is 131 Å². The van der Waals surface area contributed by atoms with Gasteiger partial charge in [-0.1, -0.05) is 67.6 Å². The molecule has 0 radical (unpaired) electrons. The zero-order chi connectivity index (χ0) is 28.8. The van der Waals surface area contributed by atoms with Crippen molar-refractivity contribution in [2.45, 2.75) is 38.6 Å². The molecule has 8 nitrogen and oxygen atoms in total. The number of fused-ring (bicyclic) bond motifs is 2. The SMILES string of the molecule is C[C@@H]1[C@H](Cn2cnc3ccccc32)O[C@H](c2cccc(N3C(=O)c4ccccc4C3=O)c2)O[C@@H]1c1ccc(CO)cc1. The lowest BCUT2D eigenvalue weighted by molar-refractivity contribution is -0.276. The second kappa shape index (κ2) is 10.6. The average molecular weight is 560 g/mol. The number of carbonyl (C=O) groups is 2. The normalized spacial score (nSPS) is 22.1. The first-order chi connectivity index (χ1) is 20.5. The lowest BCUT2D eigenvalue weighted by Crippen LogP contribution is -2.39. The van der Waals surface area contributed by atoms with Gasteiger partial charge in [0.25, 0.3) is 11.8 Å². The molecule has 4 aromatic carbocycles. The first-order valence-electron chi connectivity index (χ1n) is 14.0. The summed E-state index contributed by atoms with van der Waals surface area (Å²) < 4.78 is 15.4. The molecule has 3 heterocycles. The Morgan fingerprint density at radius 2 is 1.52 bits per heavy atom. The summed E-state index contributed by atoms with van der Waals surface area (Å²) in [5.41, 5.74) is 5.69. The largest absolute Gasteiger partial charge is 0.392 e. The molecule has 5 aromatic rings. The quantitative estimate of drug-likeness (QED) is 0.264. The van der Waals surface area contributed by atoms with Crippen LogP contribution in [0.4, 0.5) is 5.69 Å². The molecule has 7 rings (SSSR count). The number of imide groups is 1. The number of rotatable bonds is 6. The van der Waals surface area contributed by atoms with Crippen LogP contribution in [0.25, 0.3) is 11.0 Å². The van der Waals surface area contributed by atoms with Gasteiger partial charge in [0.05, 0.1) is 59.5 Å². The zero-order valence-corrected chi connectivity index (χ0v) is 23.0. The van der Waals surface area contributed by atoms with Gasteiger partial charge < -0.3 is 19.1 Å². The lowest BCUT2D eigenvalue weighted by atomic mass is 9.90. The number of nitrogens with zero attached hydrogens (tertiary/aromatic N) is 3. The summed E-state index contributed by atoms with van der Waals surface area (Å²) in [5, 5.41) is 9.55. The van der Waals surface area contributed by atoms with E-state index in [4.69, 9.17) is 9.47 Å². The van der Waals surface area contributed by atoms with Gasteiger partial charge in [-0.05, 0) is 47.5 Å². The van der Waals surface area contributed by atoms with Crippen LogP contribution in [0.3, 0.4) is 0 Å². The van der Waals surface area contributed by atoms with E-state index >= 15 is 0 Å². The molecule has 2 aliphatic rings. The minimum absolute atomic E-state index is 0.0261. The maximum absolute atomic E-state index is 13.2. The monoisotopic (exact) mass is 559 g/mol. The molecular formula is C34H29N3O5. The molecule has 1 N–H and O–H groups in total. The van der Waals surface area contributed by atoms with Crippen molar-refractivity contribution in [3.63, 3.8) is 0 Å². The molecule has 1 aromatic heterocycles. The second-order valence-corrected chi connectivity index (χ2v) is 10.8. The Bertz CT molecular complexity index is 1760. The van der Waals surface area contributed by atoms with Gasteiger partial charge in [0, 0.05) is 11.5 Å². The Morgan fingerprint density at radius 1 is 0.810 bits per heavy atom. The predicted molar refractivity (Wildman–Crippen MR) is 157 cm³/mol. The molecule has 2 aliphatic heterocycles. The number of aliphatic hydroxyl groups is 1. The van der Waals surface area contributed by atoms with Crippen LogP contribution in [-0.2, 0) is 22.6 Å². The van der Waals surface area contributed by atoms with Crippen molar-refractivity contribution in [2.75, 3.05) is 4.90 Å². The summed E-state index contributed by atoms with van der Waals surface area (Å²) >= 11 is 0. The molecule has 0 bridgehead atoms. The van der Waals surface area contributed by atoms with Gasteiger partial charge in [-0.2, -0.15) is 0 Å². The van der Waals surface area contributed by atoms with Gasteiger partial charge in [0.2, 0.25) is 0 Å². The number of anilines is 1. The van der Waals surface area contributed by atoms with Crippen LogP contribution in [0.1, 0.15) is 56.7 Å². The standard InChI is InChI=1S/C34H29N3O5/c1-21-30(18-36-20-35-28-11-4-5-12-29(28)36)41-34(42-31(21)23-15-13-22(19-38)14-16-23)24-7-6-8-25(17-24)37-32(39)26-9-2-3-10-27(26)33(37)40/h2-17,20-21,30-31,34,38H,18-19H2,1H3/t21-,30+,31+,34+/m1/s1. The summed E-state index contributed by atoms with van der Waals surface area (Å²) in [7, 11) is 0. The van der Waals surface area contributed by atoms with Gasteiger partial charge in [0.1, 0.15) is 0 Å². The van der Waals surface area contributed by atoms with Crippen LogP contribution in [0.15, 0.2) is 103 Å². The fourth-order valence-corrected chi connectivity index (χ4v) is 5.91. The molecule has 42 heavy (non-hydrogen) atoms. The third kappa shape index (κ3) is 4.50. The molecule has 0 spiro atoms. The number of aliphatic hydroxyl groups excluding tert-OH is 1. The van der Waals surface area contributed by atoms with E-state index in [1.165, 1.54) is 4.90 Å². The minimum atomic E-state index is -0.751. The van der Waals surface area contributed by atoms with Crippen molar-refractivity contribution in [1.82, 2.24) is 9.55 Å². The predicted octanol–water partition coefficient (Wildman–Crippen LogP) is 5.82. The highest BCUT2D eigenvalue weighted by molar-refractivity contribution is 6.34. The summed E-state index contributed by atoms with van der Waals surface area (Å²) in [6.45, 7) is 2.64. The van der Waals surface area contributed by atoms with Crippen LogP contribution >= 0.6 is 0 Å². The number of para-hydroxylation sites is 2. The fraction of sp³-hybridized carbons (Fsp3) is 0.206. The topological polar surface area (TPSA) is 93.9 Å². The number of amides is 2. The van der Waals surface area contributed by atoms with E-state index in [1.54, 1.807) is 36.4 Å². The van der Waals surface area contributed by atoms with Crippen LogP contribution in [0, 0.1) is 5.92 Å². The maximum Gasteiger partial charge on any atom is 0.266 e. The average Bonchev–Trinajstić information content (AvgIpc) is 3.56. The van der Waals surface area contributed by atoms with Crippen LogP contribution in [0.2, 0.25) is 0 Å². The number of aromatic nitrogens is 2. The van der Waals surface area contributed by atoms with E-state index in [0.717, 1.165) is 22.2 Å². The van der Waals surface area contributed by atoms with E-state index in [-0.39, 0.29) is 36.5 Å². The molecule has 2 amide bonds. The fourth-order valence-electron chi connectivity index (χ4n) is 5.91. The molecular weight excluding hydrogens is 530 g/mol. The second-order valence-electron chi connectivity index (χ2n) is 10.8. The summed E-state index contributed by atoms with van der Waals surface area (Å²) in [6, 6.07) is 29.8. The van der Waals surface area contributed by atoms with Crippen molar-refractivity contribution >= 4 is 28.5 Å². The number of ether oxygens (including phenoxy) is 2. The van der Waals surface area contributed by atoms with Crippen molar-refractivity contribution < 1.29 is 24.2 Å². The Hall–Kier alpha value is -4.63. The van der Waals surface area contributed by atoms with Crippen molar-refractivity contribution in [1.29, 1.82) is 0 Å². The molecule has 8 heteroatoms. The van der Waals surface area contributed by atoms with Crippen LogP contribution in [0.5, 0.6) is 0 Å². The first-order valence-corrected chi connectivity index (χ1v) is 14.0. The van der Waals surface area contributed by atoms with E-state index in [9.17, 15) is 14.7 Å². The van der Waals surface area contributed by atoms with E-state index in [2.05, 4.69) is 16.5 Å². The molecule has 0 aliphatic carbocycles. The molecule has 0 unspecified atom stereocenters. The molecule has 210 valence electrons. The highest BCUT2D eigenvalue weighted by Crippen LogP contribution is 2.43. The molecule has 0 saturated carbocycles.